The van der Waals surface area contributed by atoms with Gasteiger partial charge in [0.15, 0.2) is 0 Å². The monoisotopic (exact) mass is 308 g/mol. The molecule has 2 aromatic heterocycles. The topological polar surface area (TPSA) is 55.0 Å². The molecule has 1 saturated carbocycles. The minimum atomic E-state index is 0.613. The summed E-state index contributed by atoms with van der Waals surface area (Å²) in [7, 11) is 0. The van der Waals surface area contributed by atoms with Crippen molar-refractivity contribution in [1.82, 2.24) is 9.36 Å². The van der Waals surface area contributed by atoms with Crippen molar-refractivity contribution in [1.29, 1.82) is 0 Å². The largest absolute Gasteiger partial charge is 0.382 e. The third-order valence-electron chi connectivity index (χ3n) is 3.95. The number of nitrogens with zero attached hydrogens (tertiary/aromatic N) is 3. The first-order chi connectivity index (χ1) is 9.69. The highest BCUT2D eigenvalue weighted by molar-refractivity contribution is 7.11. The average molecular weight is 308 g/mol. The summed E-state index contributed by atoms with van der Waals surface area (Å²) >= 11 is 3.17. The standard InChI is InChI=1S/C14H20N4S2/c1-3-18(7-10-5-4-6-10)14-12(13(15)17-20-14)11-8-19-9(2)16-11/h8,10H,3-7H2,1-2H3,(H2,15,17). The number of aryl methyl sites for hydroxylation is 1. The summed E-state index contributed by atoms with van der Waals surface area (Å²) in [6.45, 7) is 6.34. The van der Waals surface area contributed by atoms with E-state index in [1.807, 2.05) is 6.92 Å². The Morgan fingerprint density at radius 2 is 2.25 bits per heavy atom. The van der Waals surface area contributed by atoms with Crippen molar-refractivity contribution in [3.63, 3.8) is 0 Å². The van der Waals surface area contributed by atoms with E-state index in [0.717, 1.165) is 35.3 Å². The first-order valence-electron chi connectivity index (χ1n) is 7.11. The van der Waals surface area contributed by atoms with Gasteiger partial charge >= 0.3 is 0 Å². The second kappa shape index (κ2) is 5.69. The molecule has 0 radical (unpaired) electrons. The zero-order valence-electron chi connectivity index (χ0n) is 11.9. The predicted molar refractivity (Wildman–Crippen MR) is 87.6 cm³/mol. The number of hydrogen-bond acceptors (Lipinski definition) is 6. The maximum Gasteiger partial charge on any atom is 0.148 e. The van der Waals surface area contributed by atoms with Crippen molar-refractivity contribution < 1.29 is 0 Å². The summed E-state index contributed by atoms with van der Waals surface area (Å²) in [6.07, 6.45) is 4.09. The van der Waals surface area contributed by atoms with Gasteiger partial charge in [-0.2, -0.15) is 4.37 Å². The van der Waals surface area contributed by atoms with Crippen LogP contribution in [0.3, 0.4) is 0 Å². The molecule has 0 spiro atoms. The Kier molecular flexibility index (Phi) is 3.94. The molecule has 20 heavy (non-hydrogen) atoms. The highest BCUT2D eigenvalue weighted by atomic mass is 32.1. The van der Waals surface area contributed by atoms with Gasteiger partial charge in [-0.05, 0) is 44.1 Å². The first kappa shape index (κ1) is 13.8. The number of thiazole rings is 1. The minimum absolute atomic E-state index is 0.613. The van der Waals surface area contributed by atoms with E-state index in [2.05, 4.69) is 26.6 Å². The van der Waals surface area contributed by atoms with Gasteiger partial charge < -0.3 is 10.6 Å². The van der Waals surface area contributed by atoms with Gasteiger partial charge in [-0.15, -0.1) is 11.3 Å². The van der Waals surface area contributed by atoms with Crippen LogP contribution in [0.25, 0.3) is 11.3 Å². The summed E-state index contributed by atoms with van der Waals surface area (Å²) < 4.78 is 4.36. The Bertz CT molecular complexity index is 586. The van der Waals surface area contributed by atoms with E-state index < -0.39 is 0 Å². The molecule has 0 bridgehead atoms. The van der Waals surface area contributed by atoms with Crippen molar-refractivity contribution in [2.75, 3.05) is 23.7 Å². The summed E-state index contributed by atoms with van der Waals surface area (Å²) in [5.74, 6) is 1.45. The lowest BCUT2D eigenvalue weighted by atomic mass is 9.85. The van der Waals surface area contributed by atoms with Crippen LogP contribution in [0.4, 0.5) is 10.8 Å². The van der Waals surface area contributed by atoms with Crippen molar-refractivity contribution in [3.05, 3.63) is 10.4 Å². The Balaban J connectivity index is 1.92. The number of nitrogen functional groups attached to an aromatic ring is 1. The van der Waals surface area contributed by atoms with E-state index >= 15 is 0 Å². The molecule has 2 heterocycles. The number of nitrogens with two attached hydrogens (primary N) is 1. The SMILES string of the molecule is CCN(CC1CCC1)c1snc(N)c1-c1csc(C)n1. The van der Waals surface area contributed by atoms with Crippen LogP contribution in [0.1, 0.15) is 31.2 Å². The van der Waals surface area contributed by atoms with Gasteiger partial charge in [-0.25, -0.2) is 4.98 Å². The molecular weight excluding hydrogens is 288 g/mol. The molecule has 0 aliphatic heterocycles. The van der Waals surface area contributed by atoms with Crippen LogP contribution in [0.5, 0.6) is 0 Å². The fourth-order valence-electron chi connectivity index (χ4n) is 2.57. The van der Waals surface area contributed by atoms with Gasteiger partial charge in [-0.3, -0.25) is 0 Å². The molecule has 0 saturated heterocycles. The minimum Gasteiger partial charge on any atom is -0.382 e. The third-order valence-corrected chi connectivity index (χ3v) is 5.64. The molecular formula is C14H20N4S2. The molecule has 0 aromatic carbocycles. The van der Waals surface area contributed by atoms with E-state index in [9.17, 15) is 0 Å². The van der Waals surface area contributed by atoms with Crippen LogP contribution in [0.15, 0.2) is 5.38 Å². The normalized spacial score (nSPS) is 15.3. The molecule has 3 rings (SSSR count). The average Bonchev–Trinajstić information content (AvgIpc) is 2.95. The molecule has 0 amide bonds. The smallest absolute Gasteiger partial charge is 0.148 e. The van der Waals surface area contributed by atoms with Crippen LogP contribution in [-0.2, 0) is 0 Å². The summed E-state index contributed by atoms with van der Waals surface area (Å²) in [5, 5.41) is 4.33. The Morgan fingerprint density at radius 1 is 1.45 bits per heavy atom. The quantitative estimate of drug-likeness (QED) is 0.913. The molecule has 2 N–H and O–H groups in total. The molecule has 4 nitrogen and oxygen atoms in total. The maximum atomic E-state index is 6.09. The second-order valence-corrected chi connectivity index (χ2v) is 7.15. The van der Waals surface area contributed by atoms with Gasteiger partial charge in [0.2, 0.25) is 0 Å². The van der Waals surface area contributed by atoms with Crippen LogP contribution in [0, 0.1) is 12.8 Å². The zero-order chi connectivity index (χ0) is 14.1. The molecule has 108 valence electrons. The van der Waals surface area contributed by atoms with Crippen molar-refractivity contribution in [2.45, 2.75) is 33.1 Å². The third kappa shape index (κ3) is 2.54. The molecule has 0 unspecified atom stereocenters. The summed E-state index contributed by atoms with van der Waals surface area (Å²) in [4.78, 5) is 7.00. The lowest BCUT2D eigenvalue weighted by Gasteiger charge is -2.32. The summed E-state index contributed by atoms with van der Waals surface area (Å²) in [5.41, 5.74) is 8.09. The van der Waals surface area contributed by atoms with E-state index in [4.69, 9.17) is 5.73 Å². The Morgan fingerprint density at radius 3 is 2.80 bits per heavy atom. The number of anilines is 2. The van der Waals surface area contributed by atoms with Crippen LogP contribution < -0.4 is 10.6 Å². The lowest BCUT2D eigenvalue weighted by molar-refractivity contribution is 0.319. The fourth-order valence-corrected chi connectivity index (χ4v) is 4.07. The molecule has 6 heteroatoms. The van der Waals surface area contributed by atoms with Crippen molar-refractivity contribution in [3.8, 4) is 11.3 Å². The zero-order valence-corrected chi connectivity index (χ0v) is 13.6. The van der Waals surface area contributed by atoms with Gasteiger partial charge in [0.1, 0.15) is 10.8 Å². The highest BCUT2D eigenvalue weighted by Gasteiger charge is 2.25. The van der Waals surface area contributed by atoms with Crippen LogP contribution in [-0.4, -0.2) is 22.4 Å². The van der Waals surface area contributed by atoms with Crippen LogP contribution >= 0.6 is 22.9 Å². The lowest BCUT2D eigenvalue weighted by Crippen LogP contribution is -2.32. The number of aromatic nitrogens is 2. The molecule has 1 aliphatic rings. The van der Waals surface area contributed by atoms with Gasteiger partial charge in [0, 0.05) is 18.5 Å². The van der Waals surface area contributed by atoms with Gasteiger partial charge in [-0.1, -0.05) is 6.42 Å². The van der Waals surface area contributed by atoms with E-state index in [-0.39, 0.29) is 0 Å². The maximum absolute atomic E-state index is 6.09. The fraction of sp³-hybridized carbons (Fsp3) is 0.571. The molecule has 0 atom stereocenters. The van der Waals surface area contributed by atoms with Crippen molar-refractivity contribution in [2.24, 2.45) is 5.92 Å². The molecule has 1 aliphatic carbocycles. The highest BCUT2D eigenvalue weighted by Crippen LogP contribution is 2.40. The number of rotatable bonds is 5. The van der Waals surface area contributed by atoms with E-state index in [1.54, 1.807) is 11.3 Å². The second-order valence-electron chi connectivity index (χ2n) is 5.34. The molecule has 2 aromatic rings. The molecule has 1 fully saturated rings. The van der Waals surface area contributed by atoms with Crippen molar-refractivity contribution >= 4 is 33.7 Å². The number of hydrogen-bond donors (Lipinski definition) is 1. The first-order valence-corrected chi connectivity index (χ1v) is 8.77. The Labute approximate surface area is 127 Å². The summed E-state index contributed by atoms with van der Waals surface area (Å²) in [6, 6.07) is 0. The van der Waals surface area contributed by atoms with Gasteiger partial charge in [0.05, 0.1) is 16.3 Å². The van der Waals surface area contributed by atoms with Gasteiger partial charge in [0.25, 0.3) is 0 Å². The van der Waals surface area contributed by atoms with E-state index in [1.165, 1.54) is 35.8 Å². The predicted octanol–water partition coefficient (Wildman–Crippen LogP) is 3.78. The van der Waals surface area contributed by atoms with Crippen LogP contribution in [0.2, 0.25) is 0 Å². The Hall–Kier alpha value is -1.14. The van der Waals surface area contributed by atoms with E-state index in [0.29, 0.717) is 5.82 Å².